The number of hydrogen-bond acceptors (Lipinski definition) is 8. The Balaban J connectivity index is 1.25. The Kier molecular flexibility index (Phi) is 8.87. The van der Waals surface area contributed by atoms with Crippen LogP contribution in [-0.4, -0.2) is 40.4 Å². The highest BCUT2D eigenvalue weighted by Crippen LogP contribution is 2.36. The van der Waals surface area contributed by atoms with Crippen molar-refractivity contribution in [2.24, 2.45) is 0 Å². The molecule has 4 aromatic rings. The molecule has 1 saturated heterocycles. The Morgan fingerprint density at radius 1 is 0.977 bits per heavy atom. The molecule has 0 bridgehead atoms. The lowest BCUT2D eigenvalue weighted by Gasteiger charge is -2.15. The van der Waals surface area contributed by atoms with Gasteiger partial charge >= 0.3 is 5.97 Å². The number of ketones is 1. The number of carbonyl (C=O) groups is 4. The maximum atomic E-state index is 13.3. The number of anilines is 1. The molecule has 0 radical (unpaired) electrons. The fourth-order valence-corrected chi connectivity index (χ4v) is 5.60. The zero-order chi connectivity index (χ0) is 30.7. The van der Waals surface area contributed by atoms with E-state index in [-0.39, 0.29) is 43.9 Å². The predicted octanol–water partition coefficient (Wildman–Crippen LogP) is 6.53. The summed E-state index contributed by atoms with van der Waals surface area (Å²) in [7, 11) is 0. The van der Waals surface area contributed by atoms with E-state index in [1.165, 1.54) is 54.6 Å². The first-order valence-electron chi connectivity index (χ1n) is 12.6. The largest absolute Gasteiger partial charge is 0.454 e. The standard InChI is InChI=1S/C31H18Cl2FN3O5S/c32-23-11-5-19(13-24(23)33)26(38)16-42-31(41)18-3-9-22(10-4-18)37-28(39)14-27(30(37)40)43-29-20(15-35)6-12-25(36-29)17-1-7-21(34)8-2-17/h1-13,27H,14,16H2. The zero-order valence-corrected chi connectivity index (χ0v) is 24.3. The van der Waals surface area contributed by atoms with Gasteiger partial charge in [-0.3, -0.25) is 14.4 Å². The highest BCUT2D eigenvalue weighted by Gasteiger charge is 2.41. The molecule has 12 heteroatoms. The van der Waals surface area contributed by atoms with Crippen LogP contribution in [0.2, 0.25) is 10.0 Å². The quantitative estimate of drug-likeness (QED) is 0.122. The molecule has 5 rings (SSSR count). The van der Waals surface area contributed by atoms with Crippen molar-refractivity contribution in [1.29, 1.82) is 5.26 Å². The van der Waals surface area contributed by atoms with Gasteiger partial charge in [-0.25, -0.2) is 19.1 Å². The number of hydrogen-bond donors (Lipinski definition) is 0. The van der Waals surface area contributed by atoms with Crippen molar-refractivity contribution in [3.8, 4) is 17.3 Å². The van der Waals surface area contributed by atoms with Crippen molar-refractivity contribution in [3.63, 3.8) is 0 Å². The van der Waals surface area contributed by atoms with Crippen molar-refractivity contribution in [3.05, 3.63) is 111 Å². The Hall–Kier alpha value is -4.56. The van der Waals surface area contributed by atoms with Gasteiger partial charge < -0.3 is 4.74 Å². The van der Waals surface area contributed by atoms with Crippen LogP contribution in [0.25, 0.3) is 11.3 Å². The number of nitriles is 1. The predicted molar refractivity (Wildman–Crippen MR) is 159 cm³/mol. The van der Waals surface area contributed by atoms with Crippen molar-refractivity contribution < 1.29 is 28.3 Å². The molecule has 1 aromatic heterocycles. The topological polar surface area (TPSA) is 117 Å². The van der Waals surface area contributed by atoms with E-state index < -0.39 is 41.2 Å². The molecule has 0 aliphatic carbocycles. The van der Waals surface area contributed by atoms with Crippen LogP contribution in [0.15, 0.2) is 83.9 Å². The van der Waals surface area contributed by atoms with Gasteiger partial charge in [-0.15, -0.1) is 0 Å². The molecule has 1 fully saturated rings. The first kappa shape index (κ1) is 29.9. The summed E-state index contributed by atoms with van der Waals surface area (Å²) in [6.45, 7) is -0.526. The van der Waals surface area contributed by atoms with Gasteiger partial charge in [0, 0.05) is 17.5 Å². The minimum absolute atomic E-state index is 0.108. The molecule has 43 heavy (non-hydrogen) atoms. The van der Waals surface area contributed by atoms with Crippen LogP contribution in [-0.2, 0) is 14.3 Å². The maximum absolute atomic E-state index is 13.3. The lowest BCUT2D eigenvalue weighted by Crippen LogP contribution is -2.31. The normalized spacial score (nSPS) is 14.5. The van der Waals surface area contributed by atoms with E-state index in [9.17, 15) is 28.8 Å². The van der Waals surface area contributed by atoms with Crippen LogP contribution in [0.4, 0.5) is 10.1 Å². The summed E-state index contributed by atoms with van der Waals surface area (Å²) in [5, 5.41) is 9.49. The van der Waals surface area contributed by atoms with E-state index in [1.54, 1.807) is 24.3 Å². The fraction of sp³-hybridized carbons (Fsp3) is 0.0968. The summed E-state index contributed by atoms with van der Waals surface area (Å²) in [5.74, 6) is -2.61. The molecule has 0 saturated carbocycles. The lowest BCUT2D eigenvalue weighted by atomic mass is 10.1. The number of nitrogens with zero attached hydrogens (tertiary/aromatic N) is 3. The maximum Gasteiger partial charge on any atom is 0.338 e. The number of rotatable bonds is 8. The summed E-state index contributed by atoms with van der Waals surface area (Å²) in [6.07, 6.45) is -0.128. The van der Waals surface area contributed by atoms with E-state index >= 15 is 0 Å². The van der Waals surface area contributed by atoms with E-state index in [1.807, 2.05) is 6.07 Å². The molecule has 1 atom stereocenters. The highest BCUT2D eigenvalue weighted by molar-refractivity contribution is 8.00. The Morgan fingerprint density at radius 2 is 1.67 bits per heavy atom. The summed E-state index contributed by atoms with van der Waals surface area (Å²) in [5.41, 5.74) is 1.92. The molecule has 0 spiro atoms. The number of pyridine rings is 1. The van der Waals surface area contributed by atoms with Crippen LogP contribution < -0.4 is 4.90 Å². The number of thioether (sulfide) groups is 1. The number of carbonyl (C=O) groups excluding carboxylic acids is 4. The summed E-state index contributed by atoms with van der Waals surface area (Å²) in [4.78, 5) is 56.5. The van der Waals surface area contributed by atoms with Gasteiger partial charge in [0.15, 0.2) is 12.4 Å². The molecule has 1 aliphatic heterocycles. The van der Waals surface area contributed by atoms with E-state index in [0.29, 0.717) is 11.3 Å². The van der Waals surface area contributed by atoms with Crippen molar-refractivity contribution in [2.75, 3.05) is 11.5 Å². The first-order valence-corrected chi connectivity index (χ1v) is 14.2. The average molecular weight is 634 g/mol. The van der Waals surface area contributed by atoms with Gasteiger partial charge in [0.1, 0.15) is 16.9 Å². The van der Waals surface area contributed by atoms with Crippen LogP contribution in [0.5, 0.6) is 0 Å². The number of aromatic nitrogens is 1. The number of halogens is 3. The third-order valence-corrected chi connectivity index (χ3v) is 8.34. The van der Waals surface area contributed by atoms with Gasteiger partial charge in [-0.2, -0.15) is 5.26 Å². The summed E-state index contributed by atoms with van der Waals surface area (Å²) < 4.78 is 18.5. The molecule has 2 heterocycles. The van der Waals surface area contributed by atoms with Crippen molar-refractivity contribution in [1.82, 2.24) is 4.98 Å². The van der Waals surface area contributed by atoms with Crippen LogP contribution in [0, 0.1) is 17.1 Å². The Morgan fingerprint density at radius 3 is 2.35 bits per heavy atom. The van der Waals surface area contributed by atoms with E-state index in [2.05, 4.69) is 4.98 Å². The molecule has 1 aliphatic rings. The molecule has 3 aromatic carbocycles. The second kappa shape index (κ2) is 12.8. The second-order valence-electron chi connectivity index (χ2n) is 9.22. The van der Waals surface area contributed by atoms with E-state index in [0.717, 1.165) is 16.7 Å². The van der Waals surface area contributed by atoms with Crippen LogP contribution in [0.3, 0.4) is 0 Å². The number of benzene rings is 3. The van der Waals surface area contributed by atoms with Crippen LogP contribution >= 0.6 is 35.0 Å². The number of esters is 1. The fourth-order valence-electron chi connectivity index (χ4n) is 4.21. The molecular formula is C31H18Cl2FN3O5S. The van der Waals surface area contributed by atoms with Gasteiger partial charge in [0.2, 0.25) is 11.8 Å². The second-order valence-corrected chi connectivity index (χ2v) is 11.2. The highest BCUT2D eigenvalue weighted by atomic mass is 35.5. The molecular weight excluding hydrogens is 616 g/mol. The van der Waals surface area contributed by atoms with Crippen molar-refractivity contribution in [2.45, 2.75) is 16.7 Å². The summed E-state index contributed by atoms with van der Waals surface area (Å²) in [6, 6.07) is 20.8. The van der Waals surface area contributed by atoms with Gasteiger partial charge in [-0.1, -0.05) is 35.0 Å². The number of imide groups is 1. The zero-order valence-electron chi connectivity index (χ0n) is 21.9. The minimum Gasteiger partial charge on any atom is -0.454 e. The number of Topliss-reactive ketones (excluding diaryl/α,β-unsaturated/α-hetero) is 1. The monoisotopic (exact) mass is 633 g/mol. The third kappa shape index (κ3) is 6.60. The molecule has 0 N–H and O–H groups in total. The number of ether oxygens (including phenoxy) is 1. The average Bonchev–Trinajstić information content (AvgIpc) is 3.29. The summed E-state index contributed by atoms with van der Waals surface area (Å²) >= 11 is 12.8. The third-order valence-electron chi connectivity index (χ3n) is 6.42. The Labute approximate surface area is 259 Å². The molecule has 1 unspecified atom stereocenters. The van der Waals surface area contributed by atoms with Crippen molar-refractivity contribution >= 4 is 64.2 Å². The van der Waals surface area contributed by atoms with Gasteiger partial charge in [0.25, 0.3) is 0 Å². The number of amides is 2. The molecule has 8 nitrogen and oxygen atoms in total. The van der Waals surface area contributed by atoms with Gasteiger partial charge in [0.05, 0.1) is 37.8 Å². The molecule has 214 valence electrons. The minimum atomic E-state index is -0.840. The first-order chi connectivity index (χ1) is 20.6. The SMILES string of the molecule is N#Cc1ccc(-c2ccc(F)cc2)nc1SC1CC(=O)N(c2ccc(C(=O)OCC(=O)c3ccc(Cl)c(Cl)c3)cc2)C1=O. The van der Waals surface area contributed by atoms with E-state index in [4.69, 9.17) is 27.9 Å². The Bertz CT molecular complexity index is 1810. The molecule has 2 amide bonds. The lowest BCUT2D eigenvalue weighted by molar-refractivity contribution is -0.121. The van der Waals surface area contributed by atoms with Gasteiger partial charge in [-0.05, 0) is 78.9 Å². The van der Waals surface area contributed by atoms with Crippen LogP contribution in [0.1, 0.15) is 32.7 Å². The smallest absolute Gasteiger partial charge is 0.338 e.